The highest BCUT2D eigenvalue weighted by atomic mass is 32.2. The van der Waals surface area contributed by atoms with Gasteiger partial charge in [-0.2, -0.15) is 0 Å². The van der Waals surface area contributed by atoms with E-state index >= 15 is 0 Å². The summed E-state index contributed by atoms with van der Waals surface area (Å²) in [6.07, 6.45) is 1.88. The molecule has 1 amide bonds. The van der Waals surface area contributed by atoms with Crippen molar-refractivity contribution in [2.24, 2.45) is 0 Å². The second-order valence-corrected chi connectivity index (χ2v) is 6.90. The van der Waals surface area contributed by atoms with Crippen LogP contribution in [0.25, 0.3) is 6.08 Å². The van der Waals surface area contributed by atoms with Crippen LogP contribution in [0.3, 0.4) is 0 Å². The molecule has 116 valence electrons. The molecule has 0 atom stereocenters. The third-order valence-corrected chi connectivity index (χ3v) is 5.19. The number of anilines is 2. The number of hydrogen-bond acceptors (Lipinski definition) is 4. The number of carbonyl (C=O) groups is 1. The maximum absolute atomic E-state index is 12.0. The number of nitrogens with zero attached hydrogens (tertiary/aromatic N) is 2. The Morgan fingerprint density at radius 2 is 1.65 bits per heavy atom. The summed E-state index contributed by atoms with van der Waals surface area (Å²) < 4.78 is 0.599. The molecule has 1 fully saturated rings. The molecule has 3 nitrogen and oxygen atoms in total. The molecule has 0 N–H and O–H groups in total. The fraction of sp³-hybridized carbons (Fsp3) is 0.111. The number of amides is 1. The first-order valence-electron chi connectivity index (χ1n) is 7.16. The zero-order valence-corrected chi connectivity index (χ0v) is 14.5. The summed E-state index contributed by atoms with van der Waals surface area (Å²) in [6, 6.07) is 18.3. The Labute approximate surface area is 145 Å². The molecule has 2 aromatic carbocycles. The largest absolute Gasteiger partial charge is 0.345 e. The van der Waals surface area contributed by atoms with E-state index < -0.39 is 0 Å². The van der Waals surface area contributed by atoms with Crippen LogP contribution >= 0.6 is 24.0 Å². The van der Waals surface area contributed by atoms with Crippen molar-refractivity contribution in [1.29, 1.82) is 0 Å². The molecule has 0 radical (unpaired) electrons. The number of benzene rings is 2. The molecule has 0 spiro atoms. The number of thiocarbonyl (C=S) groups is 1. The SMILES string of the molecule is CN1C(=O)/C(=C\c2ccc(N(C)c3ccccc3)cc2)SC1=S. The lowest BCUT2D eigenvalue weighted by molar-refractivity contribution is -0.121. The minimum absolute atomic E-state index is 0.0366. The summed E-state index contributed by atoms with van der Waals surface area (Å²) in [5, 5.41) is 0. The highest BCUT2D eigenvalue weighted by Crippen LogP contribution is 2.32. The van der Waals surface area contributed by atoms with E-state index in [1.165, 1.54) is 16.7 Å². The fourth-order valence-corrected chi connectivity index (χ4v) is 3.47. The van der Waals surface area contributed by atoms with Crippen molar-refractivity contribution in [3.63, 3.8) is 0 Å². The summed E-state index contributed by atoms with van der Waals surface area (Å²) in [4.78, 5) is 16.3. The average molecular weight is 340 g/mol. The number of para-hydroxylation sites is 1. The molecule has 3 rings (SSSR count). The van der Waals surface area contributed by atoms with E-state index in [9.17, 15) is 4.79 Å². The lowest BCUT2D eigenvalue weighted by Crippen LogP contribution is -2.22. The van der Waals surface area contributed by atoms with Gasteiger partial charge in [-0.3, -0.25) is 9.69 Å². The third-order valence-electron chi connectivity index (χ3n) is 3.71. The Morgan fingerprint density at radius 1 is 1.04 bits per heavy atom. The van der Waals surface area contributed by atoms with Gasteiger partial charge in [-0.15, -0.1) is 0 Å². The molecule has 1 aliphatic rings. The molecule has 5 heteroatoms. The molecule has 2 aromatic rings. The second-order valence-electron chi connectivity index (χ2n) is 5.23. The Morgan fingerprint density at radius 3 is 2.22 bits per heavy atom. The van der Waals surface area contributed by atoms with Crippen molar-refractivity contribution in [2.45, 2.75) is 0 Å². The Kier molecular flexibility index (Phi) is 4.50. The standard InChI is InChI=1S/C18H16N2OS2/c1-19(14-6-4-3-5-7-14)15-10-8-13(9-11-15)12-16-17(21)20(2)18(22)23-16/h3-12H,1-2H3/b16-12+. The lowest BCUT2D eigenvalue weighted by atomic mass is 10.1. The summed E-state index contributed by atoms with van der Waals surface area (Å²) in [5.74, 6) is -0.0366. The molecular formula is C18H16N2OS2. The predicted molar refractivity (Wildman–Crippen MR) is 102 cm³/mol. The summed E-state index contributed by atoms with van der Waals surface area (Å²) in [7, 11) is 3.74. The molecule has 0 aromatic heterocycles. The topological polar surface area (TPSA) is 23.6 Å². The minimum Gasteiger partial charge on any atom is -0.345 e. The molecule has 0 unspecified atom stereocenters. The van der Waals surface area contributed by atoms with E-state index in [1.54, 1.807) is 7.05 Å². The number of hydrogen-bond donors (Lipinski definition) is 0. The smallest absolute Gasteiger partial charge is 0.265 e. The fourth-order valence-electron chi connectivity index (χ4n) is 2.29. The van der Waals surface area contributed by atoms with Gasteiger partial charge in [0.05, 0.1) is 4.91 Å². The molecule has 1 aliphatic heterocycles. The maximum atomic E-state index is 12.0. The highest BCUT2D eigenvalue weighted by molar-refractivity contribution is 8.26. The predicted octanol–water partition coefficient (Wildman–Crippen LogP) is 4.29. The van der Waals surface area contributed by atoms with E-state index in [-0.39, 0.29) is 5.91 Å². The van der Waals surface area contributed by atoms with E-state index in [0.717, 1.165) is 16.9 Å². The maximum Gasteiger partial charge on any atom is 0.265 e. The van der Waals surface area contributed by atoms with Gasteiger partial charge in [-0.25, -0.2) is 0 Å². The molecule has 0 bridgehead atoms. The van der Waals surface area contributed by atoms with Gasteiger partial charge in [-0.05, 0) is 35.9 Å². The lowest BCUT2D eigenvalue weighted by Gasteiger charge is -2.19. The molecular weight excluding hydrogens is 324 g/mol. The van der Waals surface area contributed by atoms with Crippen molar-refractivity contribution in [3.8, 4) is 0 Å². The van der Waals surface area contributed by atoms with Gasteiger partial charge in [0, 0.05) is 25.5 Å². The summed E-state index contributed by atoms with van der Waals surface area (Å²) in [6.45, 7) is 0. The van der Waals surface area contributed by atoms with Crippen LogP contribution in [0.5, 0.6) is 0 Å². The summed E-state index contributed by atoms with van der Waals surface area (Å²) >= 11 is 6.48. The van der Waals surface area contributed by atoms with E-state index in [4.69, 9.17) is 12.2 Å². The molecule has 23 heavy (non-hydrogen) atoms. The van der Waals surface area contributed by atoms with Crippen molar-refractivity contribution in [2.75, 3.05) is 19.0 Å². The van der Waals surface area contributed by atoms with Crippen LogP contribution in [0.2, 0.25) is 0 Å². The number of carbonyl (C=O) groups excluding carboxylic acids is 1. The number of rotatable bonds is 3. The number of likely N-dealkylation sites (N-methyl/N-ethyl adjacent to an activating group) is 1. The van der Waals surface area contributed by atoms with Gasteiger partial charge in [0.25, 0.3) is 5.91 Å². The van der Waals surface area contributed by atoms with Crippen molar-refractivity contribution in [1.82, 2.24) is 4.90 Å². The van der Waals surface area contributed by atoms with E-state index in [1.807, 2.05) is 55.6 Å². The zero-order chi connectivity index (χ0) is 16.4. The monoisotopic (exact) mass is 340 g/mol. The summed E-state index contributed by atoms with van der Waals surface area (Å²) in [5.41, 5.74) is 3.22. The van der Waals surface area contributed by atoms with Crippen LogP contribution in [0.4, 0.5) is 11.4 Å². The van der Waals surface area contributed by atoms with Crippen molar-refractivity contribution >= 4 is 51.7 Å². The highest BCUT2D eigenvalue weighted by Gasteiger charge is 2.28. The van der Waals surface area contributed by atoms with E-state index in [0.29, 0.717) is 9.23 Å². The molecule has 1 saturated heterocycles. The first-order valence-corrected chi connectivity index (χ1v) is 8.39. The van der Waals surface area contributed by atoms with Crippen LogP contribution in [0.1, 0.15) is 5.56 Å². The number of thioether (sulfide) groups is 1. The Balaban J connectivity index is 1.80. The first-order chi connectivity index (χ1) is 11.1. The second kappa shape index (κ2) is 6.56. The van der Waals surface area contributed by atoms with Gasteiger partial charge >= 0.3 is 0 Å². The first kappa shape index (κ1) is 15.8. The van der Waals surface area contributed by atoms with Crippen LogP contribution in [0.15, 0.2) is 59.5 Å². The van der Waals surface area contributed by atoms with Crippen LogP contribution in [0, 0.1) is 0 Å². The third kappa shape index (κ3) is 3.30. The van der Waals surface area contributed by atoms with Gasteiger partial charge in [-0.1, -0.05) is 54.3 Å². The minimum atomic E-state index is -0.0366. The van der Waals surface area contributed by atoms with E-state index in [2.05, 4.69) is 17.0 Å². The Bertz CT molecular complexity index is 769. The molecule has 0 saturated carbocycles. The van der Waals surface area contributed by atoms with Gasteiger partial charge < -0.3 is 4.90 Å². The quantitative estimate of drug-likeness (QED) is 0.614. The average Bonchev–Trinajstić information content (AvgIpc) is 2.83. The van der Waals surface area contributed by atoms with Gasteiger partial charge in [0.2, 0.25) is 0 Å². The molecule has 0 aliphatic carbocycles. The Hall–Kier alpha value is -2.11. The van der Waals surface area contributed by atoms with Gasteiger partial charge in [0.1, 0.15) is 4.32 Å². The normalized spacial score (nSPS) is 16.3. The van der Waals surface area contributed by atoms with Crippen LogP contribution in [-0.2, 0) is 4.79 Å². The van der Waals surface area contributed by atoms with Crippen LogP contribution in [-0.4, -0.2) is 29.2 Å². The van der Waals surface area contributed by atoms with Crippen molar-refractivity contribution < 1.29 is 4.79 Å². The van der Waals surface area contributed by atoms with Crippen molar-refractivity contribution in [3.05, 3.63) is 65.1 Å². The zero-order valence-electron chi connectivity index (χ0n) is 12.9. The molecule has 1 heterocycles. The van der Waals surface area contributed by atoms with Crippen LogP contribution < -0.4 is 4.90 Å². The van der Waals surface area contributed by atoms with Gasteiger partial charge in [0.15, 0.2) is 0 Å².